The van der Waals surface area contributed by atoms with E-state index in [-0.39, 0.29) is 11.9 Å². The van der Waals surface area contributed by atoms with E-state index < -0.39 is 0 Å². The Labute approximate surface area is 120 Å². The monoisotopic (exact) mass is 282 g/mol. The molecular weight excluding hydrogens is 256 g/mol. The largest absolute Gasteiger partial charge is 0.353 e. The van der Waals surface area contributed by atoms with Crippen molar-refractivity contribution in [3.8, 4) is 0 Å². The van der Waals surface area contributed by atoms with Crippen LogP contribution in [0.25, 0.3) is 0 Å². The number of likely N-dealkylation sites (N-methyl/N-ethyl adjacent to an activating group) is 1. The molecule has 0 aliphatic heterocycles. The molecule has 6 heteroatoms. The van der Waals surface area contributed by atoms with Gasteiger partial charge in [-0.3, -0.25) is 9.69 Å². The Balaban J connectivity index is 2.51. The maximum Gasteiger partial charge on any atom is 0.240 e. The van der Waals surface area contributed by atoms with Crippen LogP contribution in [0.5, 0.6) is 0 Å². The molecule has 1 amide bonds. The van der Waals surface area contributed by atoms with Gasteiger partial charge in [0.05, 0.1) is 13.1 Å². The predicted molar refractivity (Wildman–Crippen MR) is 77.1 cm³/mol. The van der Waals surface area contributed by atoms with Crippen molar-refractivity contribution in [1.82, 2.24) is 20.4 Å². The zero-order valence-electron chi connectivity index (χ0n) is 13.1. The first kappa shape index (κ1) is 16.6. The second kappa shape index (κ2) is 7.99. The molecule has 0 fully saturated rings. The van der Waals surface area contributed by atoms with Crippen LogP contribution >= 0.6 is 0 Å². The minimum atomic E-state index is 0.0174. The van der Waals surface area contributed by atoms with Gasteiger partial charge < -0.3 is 9.84 Å². The fourth-order valence-electron chi connectivity index (χ4n) is 1.84. The van der Waals surface area contributed by atoms with Crippen molar-refractivity contribution in [3.63, 3.8) is 0 Å². The van der Waals surface area contributed by atoms with Gasteiger partial charge in [0.25, 0.3) is 0 Å². The first-order chi connectivity index (χ1) is 9.40. The van der Waals surface area contributed by atoms with Crippen molar-refractivity contribution in [2.45, 2.75) is 53.6 Å². The summed E-state index contributed by atoms with van der Waals surface area (Å²) in [5, 5.41) is 6.84. The van der Waals surface area contributed by atoms with E-state index in [2.05, 4.69) is 29.3 Å². The van der Waals surface area contributed by atoms with Crippen LogP contribution in [0.2, 0.25) is 0 Å². The van der Waals surface area contributed by atoms with E-state index in [9.17, 15) is 4.79 Å². The number of nitrogens with zero attached hydrogens (tertiary/aromatic N) is 3. The maximum atomic E-state index is 11.7. The van der Waals surface area contributed by atoms with Gasteiger partial charge in [0, 0.05) is 12.5 Å². The molecule has 0 atom stereocenters. The minimum absolute atomic E-state index is 0.0174. The number of rotatable bonds is 8. The van der Waals surface area contributed by atoms with Crippen molar-refractivity contribution < 1.29 is 9.32 Å². The molecule has 20 heavy (non-hydrogen) atoms. The van der Waals surface area contributed by atoms with E-state index in [0.29, 0.717) is 24.9 Å². The molecule has 0 aliphatic rings. The third kappa shape index (κ3) is 6.14. The first-order valence-electron chi connectivity index (χ1n) is 7.23. The van der Waals surface area contributed by atoms with Crippen LogP contribution in [0.4, 0.5) is 0 Å². The van der Waals surface area contributed by atoms with Crippen LogP contribution in [-0.2, 0) is 17.8 Å². The van der Waals surface area contributed by atoms with E-state index >= 15 is 0 Å². The van der Waals surface area contributed by atoms with E-state index in [1.165, 1.54) is 0 Å². The highest BCUT2D eigenvalue weighted by atomic mass is 16.5. The molecular formula is C14H26N4O2. The van der Waals surface area contributed by atoms with Crippen LogP contribution in [0.15, 0.2) is 4.52 Å². The Bertz CT molecular complexity index is 415. The predicted octanol–water partition coefficient (Wildman–Crippen LogP) is 1.61. The topological polar surface area (TPSA) is 71.3 Å². The molecule has 0 saturated carbocycles. The molecule has 0 saturated heterocycles. The fourth-order valence-corrected chi connectivity index (χ4v) is 1.84. The fraction of sp³-hybridized carbons (Fsp3) is 0.786. The summed E-state index contributed by atoms with van der Waals surface area (Å²) in [6, 6.07) is 0.155. The molecule has 0 unspecified atom stereocenters. The van der Waals surface area contributed by atoms with E-state index in [1.807, 2.05) is 25.7 Å². The van der Waals surface area contributed by atoms with Crippen molar-refractivity contribution in [3.05, 3.63) is 11.7 Å². The van der Waals surface area contributed by atoms with Crippen LogP contribution < -0.4 is 5.32 Å². The minimum Gasteiger partial charge on any atom is -0.353 e. The number of nitrogens with one attached hydrogen (secondary N) is 1. The summed E-state index contributed by atoms with van der Waals surface area (Å²) in [6.07, 6.45) is 0.809. The Morgan fingerprint density at radius 1 is 1.35 bits per heavy atom. The lowest BCUT2D eigenvalue weighted by molar-refractivity contribution is -0.122. The summed E-state index contributed by atoms with van der Waals surface area (Å²) in [5.74, 6) is 1.82. The van der Waals surface area contributed by atoms with Gasteiger partial charge in [0.15, 0.2) is 5.82 Å². The van der Waals surface area contributed by atoms with Crippen molar-refractivity contribution in [2.75, 3.05) is 13.1 Å². The zero-order chi connectivity index (χ0) is 15.1. The van der Waals surface area contributed by atoms with Crippen LogP contribution in [0.1, 0.15) is 46.3 Å². The standard InChI is InChI=1S/C14H26N4O2/c1-6-18(8-13(19)15-11(4)5)9-14-16-12(17-20-14)7-10(2)3/h10-11H,6-9H2,1-5H3,(H,15,19). The SMILES string of the molecule is CCN(CC(=O)NC(C)C)Cc1nc(CC(C)C)no1. The highest BCUT2D eigenvalue weighted by molar-refractivity contribution is 5.78. The van der Waals surface area contributed by atoms with E-state index in [4.69, 9.17) is 4.52 Å². The van der Waals surface area contributed by atoms with Crippen LogP contribution in [-0.4, -0.2) is 40.1 Å². The molecule has 0 aromatic carbocycles. The van der Waals surface area contributed by atoms with Gasteiger partial charge in [0.1, 0.15) is 0 Å². The lowest BCUT2D eigenvalue weighted by Crippen LogP contribution is -2.39. The van der Waals surface area contributed by atoms with Crippen molar-refractivity contribution in [1.29, 1.82) is 0 Å². The number of hydrogen-bond acceptors (Lipinski definition) is 5. The maximum absolute atomic E-state index is 11.7. The molecule has 1 aromatic rings. The normalized spacial score (nSPS) is 11.6. The Morgan fingerprint density at radius 2 is 2.05 bits per heavy atom. The Hall–Kier alpha value is -1.43. The number of carbonyl (C=O) groups excluding carboxylic acids is 1. The summed E-state index contributed by atoms with van der Waals surface area (Å²) in [4.78, 5) is 18.1. The Kier molecular flexibility index (Phi) is 6.64. The molecule has 0 bridgehead atoms. The zero-order valence-corrected chi connectivity index (χ0v) is 13.1. The van der Waals surface area contributed by atoms with E-state index in [1.54, 1.807) is 0 Å². The van der Waals surface area contributed by atoms with Gasteiger partial charge in [-0.2, -0.15) is 4.98 Å². The Morgan fingerprint density at radius 3 is 2.60 bits per heavy atom. The highest BCUT2D eigenvalue weighted by Gasteiger charge is 2.14. The molecule has 1 aromatic heterocycles. The molecule has 6 nitrogen and oxygen atoms in total. The summed E-state index contributed by atoms with van der Waals surface area (Å²) < 4.78 is 5.23. The highest BCUT2D eigenvalue weighted by Crippen LogP contribution is 2.07. The lowest BCUT2D eigenvalue weighted by atomic mass is 10.1. The van der Waals surface area contributed by atoms with Crippen molar-refractivity contribution >= 4 is 5.91 Å². The molecule has 114 valence electrons. The number of hydrogen-bond donors (Lipinski definition) is 1. The quantitative estimate of drug-likeness (QED) is 0.784. The third-order valence-electron chi connectivity index (χ3n) is 2.72. The molecule has 0 aliphatic carbocycles. The summed E-state index contributed by atoms with van der Waals surface area (Å²) in [5.41, 5.74) is 0. The third-order valence-corrected chi connectivity index (χ3v) is 2.72. The van der Waals surface area contributed by atoms with Crippen LogP contribution in [0.3, 0.4) is 0 Å². The number of aromatic nitrogens is 2. The number of amides is 1. The summed E-state index contributed by atoms with van der Waals surface area (Å²) in [7, 11) is 0. The second-order valence-electron chi connectivity index (χ2n) is 5.73. The van der Waals surface area contributed by atoms with Gasteiger partial charge in [-0.25, -0.2) is 0 Å². The summed E-state index contributed by atoms with van der Waals surface area (Å²) in [6.45, 7) is 11.7. The van der Waals surface area contributed by atoms with E-state index in [0.717, 1.165) is 18.8 Å². The van der Waals surface area contributed by atoms with Gasteiger partial charge in [-0.1, -0.05) is 25.9 Å². The first-order valence-corrected chi connectivity index (χ1v) is 7.23. The van der Waals surface area contributed by atoms with Gasteiger partial charge in [0.2, 0.25) is 11.8 Å². The lowest BCUT2D eigenvalue weighted by Gasteiger charge is -2.18. The van der Waals surface area contributed by atoms with Gasteiger partial charge >= 0.3 is 0 Å². The molecule has 0 radical (unpaired) electrons. The molecule has 1 heterocycles. The average Bonchev–Trinajstić information content (AvgIpc) is 2.73. The smallest absolute Gasteiger partial charge is 0.240 e. The second-order valence-corrected chi connectivity index (χ2v) is 5.73. The number of carbonyl (C=O) groups is 1. The van der Waals surface area contributed by atoms with Crippen molar-refractivity contribution in [2.24, 2.45) is 5.92 Å². The van der Waals surface area contributed by atoms with Crippen LogP contribution in [0, 0.1) is 5.92 Å². The molecule has 1 rings (SSSR count). The van der Waals surface area contributed by atoms with Gasteiger partial charge in [-0.15, -0.1) is 0 Å². The summed E-state index contributed by atoms with van der Waals surface area (Å²) >= 11 is 0. The molecule has 0 spiro atoms. The average molecular weight is 282 g/mol. The molecule has 1 N–H and O–H groups in total. The van der Waals surface area contributed by atoms with Gasteiger partial charge in [-0.05, 0) is 26.3 Å².